The average Bonchev–Trinajstić information content (AvgIpc) is 3.17. The molecule has 1 fully saturated rings. The number of hydrogen-bond acceptors (Lipinski definition) is 4. The standard InChI is InChI=1S/C19H23N3O3/c1-14(2)19(24)22-11-9-21(10-12-22)16-7-5-15(6-8-16)20-18(23)17-4-3-13-25-17/h3-8,13-14H,9-12H2,1-2H3,(H,20,23). The van der Waals surface area contributed by atoms with Crippen molar-refractivity contribution in [1.82, 2.24) is 4.90 Å². The molecule has 1 aliphatic rings. The number of anilines is 2. The summed E-state index contributed by atoms with van der Waals surface area (Å²) < 4.78 is 5.08. The molecule has 132 valence electrons. The van der Waals surface area contributed by atoms with Gasteiger partial charge in [0.1, 0.15) is 0 Å². The molecule has 25 heavy (non-hydrogen) atoms. The van der Waals surface area contributed by atoms with E-state index in [9.17, 15) is 9.59 Å². The van der Waals surface area contributed by atoms with Crippen molar-refractivity contribution in [3.05, 3.63) is 48.4 Å². The number of amides is 2. The molecule has 1 saturated heterocycles. The Balaban J connectivity index is 1.56. The molecule has 0 aliphatic carbocycles. The zero-order valence-corrected chi connectivity index (χ0v) is 14.6. The molecular weight excluding hydrogens is 318 g/mol. The highest BCUT2D eigenvalue weighted by atomic mass is 16.3. The van der Waals surface area contributed by atoms with Crippen molar-refractivity contribution >= 4 is 23.2 Å². The highest BCUT2D eigenvalue weighted by molar-refractivity contribution is 6.02. The summed E-state index contributed by atoms with van der Waals surface area (Å²) in [6, 6.07) is 11.0. The van der Waals surface area contributed by atoms with E-state index in [1.165, 1.54) is 6.26 Å². The van der Waals surface area contributed by atoms with Crippen LogP contribution in [0.3, 0.4) is 0 Å². The minimum atomic E-state index is -0.265. The van der Waals surface area contributed by atoms with E-state index >= 15 is 0 Å². The minimum absolute atomic E-state index is 0.0450. The van der Waals surface area contributed by atoms with Gasteiger partial charge in [0.15, 0.2) is 5.76 Å². The van der Waals surface area contributed by atoms with Gasteiger partial charge in [-0.25, -0.2) is 0 Å². The van der Waals surface area contributed by atoms with Crippen molar-refractivity contribution < 1.29 is 14.0 Å². The molecule has 0 spiro atoms. The number of carbonyl (C=O) groups is 2. The molecule has 0 saturated carbocycles. The highest BCUT2D eigenvalue weighted by Gasteiger charge is 2.22. The van der Waals surface area contributed by atoms with E-state index in [1.54, 1.807) is 12.1 Å². The number of nitrogens with one attached hydrogen (secondary N) is 1. The fourth-order valence-electron chi connectivity index (χ4n) is 2.91. The van der Waals surface area contributed by atoms with Gasteiger partial charge in [-0.1, -0.05) is 13.8 Å². The molecule has 0 unspecified atom stereocenters. The van der Waals surface area contributed by atoms with Crippen molar-refractivity contribution in [3.8, 4) is 0 Å². The first kappa shape index (κ1) is 17.1. The second-order valence-electron chi connectivity index (χ2n) is 6.45. The van der Waals surface area contributed by atoms with Crippen LogP contribution in [0.2, 0.25) is 0 Å². The van der Waals surface area contributed by atoms with Crippen LogP contribution in [0, 0.1) is 5.92 Å². The molecule has 0 radical (unpaired) electrons. The van der Waals surface area contributed by atoms with E-state index in [0.717, 1.165) is 37.6 Å². The van der Waals surface area contributed by atoms with Gasteiger partial charge in [0.25, 0.3) is 5.91 Å². The summed E-state index contributed by atoms with van der Waals surface area (Å²) >= 11 is 0. The lowest BCUT2D eigenvalue weighted by molar-refractivity contribution is -0.134. The van der Waals surface area contributed by atoms with E-state index in [4.69, 9.17) is 4.42 Å². The molecule has 3 rings (SSSR count). The molecule has 6 heteroatoms. The Morgan fingerprint density at radius 3 is 2.28 bits per heavy atom. The van der Waals surface area contributed by atoms with Gasteiger partial charge in [0.05, 0.1) is 6.26 Å². The molecule has 1 aliphatic heterocycles. The molecule has 6 nitrogen and oxygen atoms in total. The summed E-state index contributed by atoms with van der Waals surface area (Å²) in [5.41, 5.74) is 1.81. The predicted octanol–water partition coefficient (Wildman–Crippen LogP) is 2.84. The van der Waals surface area contributed by atoms with Crippen molar-refractivity contribution in [2.75, 3.05) is 36.4 Å². The number of carbonyl (C=O) groups excluding carboxylic acids is 2. The fraction of sp³-hybridized carbons (Fsp3) is 0.368. The molecule has 2 amide bonds. The van der Waals surface area contributed by atoms with Crippen molar-refractivity contribution in [2.45, 2.75) is 13.8 Å². The lowest BCUT2D eigenvalue weighted by Crippen LogP contribution is -2.49. The zero-order chi connectivity index (χ0) is 17.8. The van der Waals surface area contributed by atoms with Gasteiger partial charge in [0.2, 0.25) is 5.91 Å². The van der Waals surface area contributed by atoms with Crippen LogP contribution in [0.4, 0.5) is 11.4 Å². The van der Waals surface area contributed by atoms with Gasteiger partial charge in [0, 0.05) is 43.5 Å². The number of nitrogens with zero attached hydrogens (tertiary/aromatic N) is 2. The second-order valence-corrected chi connectivity index (χ2v) is 6.45. The van der Waals surface area contributed by atoms with Gasteiger partial charge >= 0.3 is 0 Å². The predicted molar refractivity (Wildman–Crippen MR) is 96.7 cm³/mol. The molecule has 2 aromatic rings. The number of rotatable bonds is 4. The van der Waals surface area contributed by atoms with Crippen LogP contribution in [0.5, 0.6) is 0 Å². The largest absolute Gasteiger partial charge is 0.459 e. The third-order valence-electron chi connectivity index (χ3n) is 4.32. The van der Waals surface area contributed by atoms with Gasteiger partial charge in [-0.15, -0.1) is 0 Å². The quantitative estimate of drug-likeness (QED) is 0.929. The molecule has 2 heterocycles. The van der Waals surface area contributed by atoms with Gasteiger partial charge in [-0.2, -0.15) is 0 Å². The Labute approximate surface area is 147 Å². The summed E-state index contributed by atoms with van der Waals surface area (Å²) in [6.07, 6.45) is 1.47. The van der Waals surface area contributed by atoms with Crippen molar-refractivity contribution in [1.29, 1.82) is 0 Å². The molecule has 1 N–H and O–H groups in total. The lowest BCUT2D eigenvalue weighted by atomic mass is 10.1. The highest BCUT2D eigenvalue weighted by Crippen LogP contribution is 2.20. The Kier molecular flexibility index (Phi) is 5.07. The maximum absolute atomic E-state index is 12.0. The van der Waals surface area contributed by atoms with Gasteiger partial charge < -0.3 is 19.5 Å². The Bertz CT molecular complexity index is 715. The Morgan fingerprint density at radius 1 is 1.04 bits per heavy atom. The van der Waals surface area contributed by atoms with Crippen LogP contribution in [0.25, 0.3) is 0 Å². The molecule has 0 atom stereocenters. The SMILES string of the molecule is CC(C)C(=O)N1CCN(c2ccc(NC(=O)c3ccco3)cc2)CC1. The summed E-state index contributed by atoms with van der Waals surface area (Å²) in [6.45, 7) is 6.99. The third kappa shape index (κ3) is 4.02. The fourth-order valence-corrected chi connectivity index (χ4v) is 2.91. The van der Waals surface area contributed by atoms with Gasteiger partial charge in [-0.3, -0.25) is 9.59 Å². The topological polar surface area (TPSA) is 65.8 Å². The summed E-state index contributed by atoms with van der Waals surface area (Å²) in [4.78, 5) is 28.2. The average molecular weight is 341 g/mol. The maximum atomic E-state index is 12.0. The molecular formula is C19H23N3O3. The summed E-state index contributed by atoms with van der Waals surface area (Å²) in [5, 5.41) is 2.80. The Hall–Kier alpha value is -2.76. The van der Waals surface area contributed by atoms with Crippen molar-refractivity contribution in [2.24, 2.45) is 5.92 Å². The molecule has 1 aromatic carbocycles. The summed E-state index contributed by atoms with van der Waals surface area (Å²) in [7, 11) is 0. The maximum Gasteiger partial charge on any atom is 0.291 e. The lowest BCUT2D eigenvalue weighted by Gasteiger charge is -2.37. The van der Waals surface area contributed by atoms with E-state index in [0.29, 0.717) is 0 Å². The second kappa shape index (κ2) is 7.42. The van der Waals surface area contributed by atoms with Crippen LogP contribution in [0.1, 0.15) is 24.4 Å². The first-order chi connectivity index (χ1) is 12.0. The third-order valence-corrected chi connectivity index (χ3v) is 4.32. The van der Waals surface area contributed by atoms with E-state index in [2.05, 4.69) is 10.2 Å². The number of benzene rings is 1. The first-order valence-corrected chi connectivity index (χ1v) is 8.53. The van der Waals surface area contributed by atoms with Crippen LogP contribution >= 0.6 is 0 Å². The van der Waals surface area contributed by atoms with E-state index < -0.39 is 0 Å². The van der Waals surface area contributed by atoms with Crippen LogP contribution < -0.4 is 10.2 Å². The number of piperazine rings is 1. The van der Waals surface area contributed by atoms with Gasteiger partial charge in [-0.05, 0) is 36.4 Å². The van der Waals surface area contributed by atoms with E-state index in [-0.39, 0.29) is 23.5 Å². The molecule has 1 aromatic heterocycles. The monoisotopic (exact) mass is 341 g/mol. The molecule has 0 bridgehead atoms. The van der Waals surface area contributed by atoms with Crippen LogP contribution in [0.15, 0.2) is 47.1 Å². The van der Waals surface area contributed by atoms with Crippen LogP contribution in [-0.4, -0.2) is 42.9 Å². The zero-order valence-electron chi connectivity index (χ0n) is 14.6. The minimum Gasteiger partial charge on any atom is -0.459 e. The van der Waals surface area contributed by atoms with Crippen LogP contribution in [-0.2, 0) is 4.79 Å². The van der Waals surface area contributed by atoms with E-state index in [1.807, 2.05) is 43.0 Å². The first-order valence-electron chi connectivity index (χ1n) is 8.53. The van der Waals surface area contributed by atoms with Crippen molar-refractivity contribution in [3.63, 3.8) is 0 Å². The number of furan rings is 1. The Morgan fingerprint density at radius 2 is 1.72 bits per heavy atom. The summed E-state index contributed by atoms with van der Waals surface area (Å²) in [5.74, 6) is 0.285. The smallest absolute Gasteiger partial charge is 0.291 e. The number of hydrogen-bond donors (Lipinski definition) is 1. The normalized spacial score (nSPS) is 14.7.